The van der Waals surface area contributed by atoms with Crippen molar-refractivity contribution in [1.82, 2.24) is 10.3 Å². The number of rotatable bonds is 10. The predicted octanol–water partition coefficient (Wildman–Crippen LogP) is 5.11. The molecule has 0 fully saturated rings. The van der Waals surface area contributed by atoms with Gasteiger partial charge in [-0.25, -0.2) is 14.2 Å². The van der Waals surface area contributed by atoms with Crippen molar-refractivity contribution in [2.24, 2.45) is 11.7 Å². The normalized spacial score (nSPS) is 13.0. The molecular weight excluding hydrogens is 437 g/mol. The molecule has 0 saturated carbocycles. The van der Waals surface area contributed by atoms with Crippen LogP contribution in [0.4, 0.5) is 26.5 Å². The Bertz CT molecular complexity index is 1010. The monoisotopic (exact) mass is 473 g/mol. The number of ether oxygens (including phenoxy) is 1. The number of amides is 2. The highest BCUT2D eigenvalue weighted by Crippen LogP contribution is 2.26. The molecule has 186 valence electrons. The van der Waals surface area contributed by atoms with Crippen LogP contribution in [0.5, 0.6) is 0 Å². The van der Waals surface area contributed by atoms with E-state index in [1.807, 2.05) is 45.0 Å². The second kappa shape index (κ2) is 11.7. The third-order valence-electron chi connectivity index (χ3n) is 5.10. The molecule has 0 saturated heterocycles. The van der Waals surface area contributed by atoms with Crippen LogP contribution >= 0.6 is 0 Å². The number of carbonyl (C=O) groups is 2. The van der Waals surface area contributed by atoms with E-state index >= 15 is 0 Å². The van der Waals surface area contributed by atoms with Gasteiger partial charge in [0.25, 0.3) is 5.91 Å². The number of carbonyl (C=O) groups excluding carboxylic acids is 2. The Morgan fingerprint density at radius 1 is 1.21 bits per heavy atom. The highest BCUT2D eigenvalue weighted by molar-refractivity contribution is 5.98. The molecule has 2 atom stereocenters. The van der Waals surface area contributed by atoms with Gasteiger partial charge in [0.05, 0.1) is 5.56 Å². The van der Waals surface area contributed by atoms with Crippen LogP contribution in [-0.4, -0.2) is 35.2 Å². The zero-order valence-electron chi connectivity index (χ0n) is 20.8. The van der Waals surface area contributed by atoms with Crippen molar-refractivity contribution in [3.05, 3.63) is 47.3 Å². The number of aromatic nitrogens is 1. The number of nitrogens with zero attached hydrogens (tertiary/aromatic N) is 1. The van der Waals surface area contributed by atoms with Crippen molar-refractivity contribution in [3.8, 4) is 0 Å². The second-order valence-electron chi connectivity index (χ2n) is 9.47. The SMILES string of the molecule is CCC[C@@H](Nc1nc(Nc2cccc(C)c2)c(C(N)=O)cc1F)[C@H](C)CNC(=O)OC(C)(C)C. The van der Waals surface area contributed by atoms with Crippen molar-refractivity contribution in [2.75, 3.05) is 17.2 Å². The molecular formula is C25H36FN5O3. The molecule has 0 aliphatic carbocycles. The van der Waals surface area contributed by atoms with Crippen LogP contribution in [0.25, 0.3) is 0 Å². The largest absolute Gasteiger partial charge is 0.444 e. The summed E-state index contributed by atoms with van der Waals surface area (Å²) in [5, 5.41) is 8.98. The molecule has 5 N–H and O–H groups in total. The molecule has 0 radical (unpaired) electrons. The number of benzene rings is 1. The Kier molecular flexibility index (Phi) is 9.23. The number of anilines is 3. The van der Waals surface area contributed by atoms with Crippen LogP contribution < -0.4 is 21.7 Å². The number of nitrogens with two attached hydrogens (primary N) is 1. The fraction of sp³-hybridized carbons (Fsp3) is 0.480. The van der Waals surface area contributed by atoms with Gasteiger partial charge in [-0.15, -0.1) is 0 Å². The molecule has 0 bridgehead atoms. The van der Waals surface area contributed by atoms with Gasteiger partial charge in [-0.1, -0.05) is 32.4 Å². The Morgan fingerprint density at radius 3 is 2.50 bits per heavy atom. The average molecular weight is 474 g/mol. The quantitative estimate of drug-likeness (QED) is 0.381. The van der Waals surface area contributed by atoms with E-state index in [0.717, 1.165) is 24.5 Å². The molecule has 0 spiro atoms. The lowest BCUT2D eigenvalue weighted by Gasteiger charge is -2.27. The van der Waals surface area contributed by atoms with E-state index in [1.54, 1.807) is 20.8 Å². The zero-order chi connectivity index (χ0) is 25.5. The summed E-state index contributed by atoms with van der Waals surface area (Å²) in [6.07, 6.45) is 1.05. The second-order valence-corrected chi connectivity index (χ2v) is 9.47. The van der Waals surface area contributed by atoms with Crippen molar-refractivity contribution in [1.29, 1.82) is 0 Å². The molecule has 2 rings (SSSR count). The van der Waals surface area contributed by atoms with Gasteiger partial charge in [0.15, 0.2) is 11.6 Å². The number of halogens is 1. The number of hydrogen-bond donors (Lipinski definition) is 4. The topological polar surface area (TPSA) is 118 Å². The van der Waals surface area contributed by atoms with Gasteiger partial charge in [-0.3, -0.25) is 4.79 Å². The third-order valence-corrected chi connectivity index (χ3v) is 5.10. The lowest BCUT2D eigenvalue weighted by Crippen LogP contribution is -2.39. The summed E-state index contributed by atoms with van der Waals surface area (Å²) in [6.45, 7) is 11.6. The Balaban J connectivity index is 2.23. The number of hydrogen-bond acceptors (Lipinski definition) is 6. The summed E-state index contributed by atoms with van der Waals surface area (Å²) < 4.78 is 20.2. The zero-order valence-corrected chi connectivity index (χ0v) is 20.8. The third kappa shape index (κ3) is 8.20. The summed E-state index contributed by atoms with van der Waals surface area (Å²) >= 11 is 0. The molecule has 1 heterocycles. The maximum absolute atomic E-state index is 14.9. The maximum Gasteiger partial charge on any atom is 0.407 e. The van der Waals surface area contributed by atoms with E-state index < -0.39 is 23.4 Å². The van der Waals surface area contributed by atoms with Crippen LogP contribution in [0, 0.1) is 18.7 Å². The highest BCUT2D eigenvalue weighted by atomic mass is 19.1. The van der Waals surface area contributed by atoms with Crippen molar-refractivity contribution in [2.45, 2.75) is 66.0 Å². The Labute approximate surface area is 200 Å². The summed E-state index contributed by atoms with van der Waals surface area (Å²) in [5.41, 5.74) is 6.55. The standard InChI is InChI=1S/C25H36FN5O3/c1-7-9-20(16(3)14-28-24(33)34-25(4,5)6)30-23-19(26)13-18(21(27)32)22(31-23)29-17-11-8-10-15(2)12-17/h8,10-13,16,20H,7,9,14H2,1-6H3,(H2,27,32)(H,28,33)(H2,29,30,31)/t16-,20-/m1/s1. The van der Waals surface area contributed by atoms with Gasteiger partial charge in [-0.2, -0.15) is 0 Å². The lowest BCUT2D eigenvalue weighted by molar-refractivity contribution is 0.0518. The molecule has 8 nitrogen and oxygen atoms in total. The number of pyridine rings is 1. The molecule has 2 amide bonds. The number of alkyl carbamates (subject to hydrolysis) is 1. The Hall–Kier alpha value is -3.36. The minimum atomic E-state index is -0.784. The van der Waals surface area contributed by atoms with Crippen molar-refractivity contribution in [3.63, 3.8) is 0 Å². The molecule has 34 heavy (non-hydrogen) atoms. The molecule has 1 aromatic carbocycles. The molecule has 2 aromatic rings. The first kappa shape index (κ1) is 26.9. The number of nitrogens with one attached hydrogen (secondary N) is 3. The van der Waals surface area contributed by atoms with E-state index in [0.29, 0.717) is 12.2 Å². The van der Waals surface area contributed by atoms with Crippen molar-refractivity contribution >= 4 is 29.3 Å². The fourth-order valence-electron chi connectivity index (χ4n) is 3.42. The van der Waals surface area contributed by atoms with Gasteiger partial charge in [0, 0.05) is 18.3 Å². The van der Waals surface area contributed by atoms with Crippen LogP contribution in [0.1, 0.15) is 63.4 Å². The van der Waals surface area contributed by atoms with E-state index in [1.165, 1.54) is 0 Å². The summed E-state index contributed by atoms with van der Waals surface area (Å²) in [6, 6.07) is 8.40. The predicted molar refractivity (Wildman–Crippen MR) is 133 cm³/mol. The van der Waals surface area contributed by atoms with E-state index in [9.17, 15) is 14.0 Å². The maximum atomic E-state index is 14.9. The number of aryl methyl sites for hydroxylation is 1. The van der Waals surface area contributed by atoms with Crippen molar-refractivity contribution < 1.29 is 18.7 Å². The number of primary amides is 1. The average Bonchev–Trinajstić information content (AvgIpc) is 2.72. The van der Waals surface area contributed by atoms with Gasteiger partial charge in [0.2, 0.25) is 0 Å². The van der Waals surface area contributed by atoms with Crippen LogP contribution in [-0.2, 0) is 4.74 Å². The Morgan fingerprint density at radius 2 is 1.91 bits per heavy atom. The summed E-state index contributed by atoms with van der Waals surface area (Å²) in [5.74, 6) is -1.36. The summed E-state index contributed by atoms with van der Waals surface area (Å²) in [7, 11) is 0. The molecule has 1 aromatic heterocycles. The van der Waals surface area contributed by atoms with Crippen LogP contribution in [0.2, 0.25) is 0 Å². The molecule has 0 unspecified atom stereocenters. The lowest BCUT2D eigenvalue weighted by atomic mass is 9.97. The minimum Gasteiger partial charge on any atom is -0.444 e. The van der Waals surface area contributed by atoms with Gasteiger partial charge >= 0.3 is 6.09 Å². The van der Waals surface area contributed by atoms with E-state index in [-0.39, 0.29) is 29.2 Å². The first-order valence-corrected chi connectivity index (χ1v) is 11.5. The first-order valence-electron chi connectivity index (χ1n) is 11.5. The van der Waals surface area contributed by atoms with Gasteiger partial charge in [0.1, 0.15) is 11.4 Å². The first-order chi connectivity index (χ1) is 15.9. The van der Waals surface area contributed by atoms with Gasteiger partial charge < -0.3 is 26.4 Å². The smallest absolute Gasteiger partial charge is 0.407 e. The molecule has 0 aliphatic rings. The fourth-order valence-corrected chi connectivity index (χ4v) is 3.42. The van der Waals surface area contributed by atoms with Crippen LogP contribution in [0.15, 0.2) is 30.3 Å². The van der Waals surface area contributed by atoms with E-state index in [4.69, 9.17) is 10.5 Å². The summed E-state index contributed by atoms with van der Waals surface area (Å²) in [4.78, 5) is 28.3. The highest BCUT2D eigenvalue weighted by Gasteiger charge is 2.23. The molecule has 9 heteroatoms. The van der Waals surface area contributed by atoms with E-state index in [2.05, 4.69) is 20.9 Å². The van der Waals surface area contributed by atoms with Crippen LogP contribution in [0.3, 0.4) is 0 Å². The molecule has 0 aliphatic heterocycles. The minimum absolute atomic E-state index is 0.00252. The van der Waals surface area contributed by atoms with Gasteiger partial charge in [-0.05, 0) is 63.8 Å².